The highest BCUT2D eigenvalue weighted by atomic mass is 32.2. The third-order valence-electron chi connectivity index (χ3n) is 3.61. The first-order valence-corrected chi connectivity index (χ1v) is 7.88. The van der Waals surface area contributed by atoms with E-state index in [2.05, 4.69) is 5.32 Å². The third kappa shape index (κ3) is 2.47. The van der Waals surface area contributed by atoms with Crippen LogP contribution in [0.25, 0.3) is 0 Å². The molecule has 2 rings (SSSR count). The van der Waals surface area contributed by atoms with Crippen LogP contribution >= 0.6 is 0 Å². The van der Waals surface area contributed by atoms with Crippen molar-refractivity contribution < 1.29 is 13.2 Å². The summed E-state index contributed by atoms with van der Waals surface area (Å²) in [5.74, 6) is 0.593. The number of hydrogen-bond donors (Lipinski definition) is 1. The molecule has 2 aliphatic rings. The second-order valence-corrected chi connectivity index (χ2v) is 7.65. The van der Waals surface area contributed by atoms with Crippen molar-refractivity contribution in [3.8, 4) is 0 Å². The average molecular weight is 260 g/mol. The maximum atomic E-state index is 11.8. The van der Waals surface area contributed by atoms with Crippen LogP contribution in [0, 0.1) is 5.92 Å². The zero-order chi connectivity index (χ0) is 12.6. The van der Waals surface area contributed by atoms with Crippen molar-refractivity contribution in [2.24, 2.45) is 5.92 Å². The van der Waals surface area contributed by atoms with E-state index in [0.717, 1.165) is 6.42 Å². The van der Waals surface area contributed by atoms with Crippen LogP contribution in [0.3, 0.4) is 0 Å². The summed E-state index contributed by atoms with van der Waals surface area (Å²) in [7, 11) is -2.97. The molecule has 2 unspecified atom stereocenters. The Morgan fingerprint density at radius 1 is 1.47 bits per heavy atom. The Bertz CT molecular complexity index is 405. The number of nitrogens with zero attached hydrogens (tertiary/aromatic N) is 1. The maximum absolute atomic E-state index is 11.8. The van der Waals surface area contributed by atoms with E-state index in [1.807, 2.05) is 13.8 Å². The van der Waals surface area contributed by atoms with Crippen molar-refractivity contribution in [1.82, 2.24) is 10.2 Å². The van der Waals surface area contributed by atoms with Crippen molar-refractivity contribution in [3.05, 3.63) is 0 Å². The van der Waals surface area contributed by atoms with Crippen molar-refractivity contribution in [2.45, 2.75) is 38.1 Å². The monoisotopic (exact) mass is 260 g/mol. The van der Waals surface area contributed by atoms with Gasteiger partial charge in [0.05, 0.1) is 23.7 Å². The standard InChI is InChI=1S/C11H20N2O3S/c1-8(2)11-12-6-10(14)13(11)7-9-4-3-5-17(9,15)16/h8-9,11-12H,3-7H2,1-2H3. The first-order chi connectivity index (χ1) is 7.92. The zero-order valence-electron chi connectivity index (χ0n) is 10.3. The molecule has 6 heteroatoms. The minimum atomic E-state index is -2.97. The van der Waals surface area contributed by atoms with Gasteiger partial charge in [0.15, 0.2) is 9.84 Å². The number of hydrogen-bond acceptors (Lipinski definition) is 4. The van der Waals surface area contributed by atoms with Gasteiger partial charge in [-0.1, -0.05) is 13.8 Å². The molecule has 2 fully saturated rings. The molecule has 2 atom stereocenters. The van der Waals surface area contributed by atoms with Crippen molar-refractivity contribution >= 4 is 15.7 Å². The van der Waals surface area contributed by atoms with Gasteiger partial charge in [-0.2, -0.15) is 0 Å². The highest BCUT2D eigenvalue weighted by molar-refractivity contribution is 7.92. The summed E-state index contributed by atoms with van der Waals surface area (Å²) in [5, 5.41) is 2.78. The van der Waals surface area contributed by atoms with Crippen molar-refractivity contribution in [3.63, 3.8) is 0 Å². The molecular weight excluding hydrogens is 240 g/mol. The van der Waals surface area contributed by atoms with Gasteiger partial charge in [-0.05, 0) is 18.8 Å². The Kier molecular flexibility index (Phi) is 3.45. The van der Waals surface area contributed by atoms with Crippen molar-refractivity contribution in [2.75, 3.05) is 18.8 Å². The van der Waals surface area contributed by atoms with Crippen molar-refractivity contribution in [1.29, 1.82) is 0 Å². The van der Waals surface area contributed by atoms with Crippen LogP contribution in [0.5, 0.6) is 0 Å². The van der Waals surface area contributed by atoms with Crippen LogP contribution in [0.1, 0.15) is 26.7 Å². The summed E-state index contributed by atoms with van der Waals surface area (Å²) >= 11 is 0. The Labute approximate surface area is 102 Å². The molecule has 0 radical (unpaired) electrons. The van der Waals surface area contributed by atoms with E-state index in [0.29, 0.717) is 25.4 Å². The van der Waals surface area contributed by atoms with Crippen LogP contribution in [0.4, 0.5) is 0 Å². The molecule has 0 aromatic rings. The van der Waals surface area contributed by atoms with Crippen LogP contribution in [-0.2, 0) is 14.6 Å². The zero-order valence-corrected chi connectivity index (χ0v) is 11.2. The molecule has 0 spiro atoms. The van der Waals surface area contributed by atoms with Gasteiger partial charge < -0.3 is 4.90 Å². The lowest BCUT2D eigenvalue weighted by atomic mass is 10.1. The number of amides is 1. The second-order valence-electron chi connectivity index (χ2n) is 5.25. The van der Waals surface area contributed by atoms with E-state index in [9.17, 15) is 13.2 Å². The fraction of sp³-hybridized carbons (Fsp3) is 0.909. The predicted molar refractivity (Wildman–Crippen MR) is 65.2 cm³/mol. The van der Waals surface area contributed by atoms with E-state index >= 15 is 0 Å². The molecule has 2 aliphatic heterocycles. The molecule has 0 aromatic heterocycles. The minimum Gasteiger partial charge on any atom is -0.324 e. The minimum absolute atomic E-state index is 0.0155. The summed E-state index contributed by atoms with van der Waals surface area (Å²) in [4.78, 5) is 13.5. The summed E-state index contributed by atoms with van der Waals surface area (Å²) in [6.45, 7) is 4.76. The normalized spacial score (nSPS) is 32.6. The number of nitrogens with one attached hydrogen (secondary N) is 1. The first kappa shape index (κ1) is 12.8. The molecule has 5 nitrogen and oxygen atoms in total. The molecule has 0 bridgehead atoms. The first-order valence-electron chi connectivity index (χ1n) is 6.16. The summed E-state index contributed by atoms with van der Waals surface area (Å²) in [6, 6.07) is 0. The van der Waals surface area contributed by atoms with Gasteiger partial charge in [0.25, 0.3) is 0 Å². The van der Waals surface area contributed by atoms with Crippen LogP contribution in [0.2, 0.25) is 0 Å². The largest absolute Gasteiger partial charge is 0.324 e. The van der Waals surface area contributed by atoms with E-state index in [4.69, 9.17) is 0 Å². The predicted octanol–water partition coefficient (Wildman–Crippen LogP) is -0.0225. The van der Waals surface area contributed by atoms with Gasteiger partial charge in [-0.3, -0.25) is 10.1 Å². The molecule has 0 aromatic carbocycles. The molecule has 2 heterocycles. The number of carbonyl (C=O) groups excluding carboxylic acids is 1. The Morgan fingerprint density at radius 3 is 2.71 bits per heavy atom. The summed E-state index contributed by atoms with van der Waals surface area (Å²) in [5.41, 5.74) is 0. The van der Waals surface area contributed by atoms with Crippen LogP contribution < -0.4 is 5.32 Å². The fourth-order valence-corrected chi connectivity index (χ4v) is 4.47. The summed E-state index contributed by atoms with van der Waals surface area (Å²) < 4.78 is 23.5. The molecule has 1 amide bonds. The molecule has 0 saturated carbocycles. The quantitative estimate of drug-likeness (QED) is 0.774. The lowest BCUT2D eigenvalue weighted by molar-refractivity contribution is -0.128. The number of carbonyl (C=O) groups is 1. The highest BCUT2D eigenvalue weighted by Gasteiger charge is 2.39. The van der Waals surface area contributed by atoms with Gasteiger partial charge in [-0.15, -0.1) is 0 Å². The van der Waals surface area contributed by atoms with Crippen LogP contribution in [-0.4, -0.2) is 49.5 Å². The topological polar surface area (TPSA) is 66.5 Å². The van der Waals surface area contributed by atoms with E-state index < -0.39 is 9.84 Å². The lowest BCUT2D eigenvalue weighted by Gasteiger charge is -2.29. The van der Waals surface area contributed by atoms with E-state index in [-0.39, 0.29) is 23.1 Å². The van der Waals surface area contributed by atoms with Crippen LogP contribution in [0.15, 0.2) is 0 Å². The molecule has 17 heavy (non-hydrogen) atoms. The van der Waals surface area contributed by atoms with E-state index in [1.54, 1.807) is 4.90 Å². The molecule has 98 valence electrons. The maximum Gasteiger partial charge on any atom is 0.237 e. The number of rotatable bonds is 3. The highest BCUT2D eigenvalue weighted by Crippen LogP contribution is 2.23. The second kappa shape index (κ2) is 4.57. The Morgan fingerprint density at radius 2 is 2.18 bits per heavy atom. The van der Waals surface area contributed by atoms with Gasteiger partial charge in [-0.25, -0.2) is 8.42 Å². The van der Waals surface area contributed by atoms with Gasteiger partial charge in [0.1, 0.15) is 0 Å². The smallest absolute Gasteiger partial charge is 0.237 e. The number of sulfone groups is 1. The Hall–Kier alpha value is -0.620. The SMILES string of the molecule is CC(C)C1NCC(=O)N1CC1CCCS1(=O)=O. The average Bonchev–Trinajstić information content (AvgIpc) is 2.73. The Balaban J connectivity index is 2.09. The lowest BCUT2D eigenvalue weighted by Crippen LogP contribution is -2.45. The molecule has 0 aliphatic carbocycles. The molecular formula is C11H20N2O3S. The molecule has 1 N–H and O–H groups in total. The van der Waals surface area contributed by atoms with Gasteiger partial charge in [0, 0.05) is 6.54 Å². The van der Waals surface area contributed by atoms with E-state index in [1.165, 1.54) is 0 Å². The third-order valence-corrected chi connectivity index (χ3v) is 5.87. The van der Waals surface area contributed by atoms with Gasteiger partial charge in [0.2, 0.25) is 5.91 Å². The fourth-order valence-electron chi connectivity index (χ4n) is 2.65. The van der Waals surface area contributed by atoms with Gasteiger partial charge >= 0.3 is 0 Å². The summed E-state index contributed by atoms with van der Waals surface area (Å²) in [6.07, 6.45) is 1.41. The molecule has 2 saturated heterocycles.